The van der Waals surface area contributed by atoms with E-state index in [1.54, 1.807) is 0 Å². The Morgan fingerprint density at radius 3 is 0.859 bits per heavy atom. The number of benzene rings is 8. The molecule has 0 bridgehead atoms. The van der Waals surface area contributed by atoms with Gasteiger partial charge in [-0.15, -0.1) is 0 Å². The first-order valence-electron chi connectivity index (χ1n) is 23.8. The fourth-order valence-corrected chi connectivity index (χ4v) is 10.1. The summed E-state index contributed by atoms with van der Waals surface area (Å²) in [6.07, 6.45) is 7.36. The van der Waals surface area contributed by atoms with E-state index in [1.807, 2.05) is 49.1 Å². The molecule has 8 aromatic carbocycles. The number of hydrogen-bond donors (Lipinski definition) is 0. The summed E-state index contributed by atoms with van der Waals surface area (Å²) in [7, 11) is 0. The molecule has 0 unspecified atom stereocenters. The lowest BCUT2D eigenvalue weighted by atomic mass is 10.0. The van der Waals surface area contributed by atoms with E-state index >= 15 is 0 Å². The molecule has 3 aromatic heterocycles. The fraction of sp³-hybridized carbons (Fsp3) is 0. The Balaban J connectivity index is 1.07. The van der Waals surface area contributed by atoms with Crippen LogP contribution in [0.1, 0.15) is 0 Å². The minimum Gasteiger partial charge on any atom is -0.310 e. The molecule has 0 atom stereocenters. The number of hydrogen-bond acceptors (Lipinski definition) is 8. The van der Waals surface area contributed by atoms with Gasteiger partial charge >= 0.3 is 0 Å². The normalized spacial score (nSPS) is 12.4. The van der Waals surface area contributed by atoms with Gasteiger partial charge in [-0.25, -0.2) is 4.98 Å². The first-order valence-corrected chi connectivity index (χ1v) is 23.8. The lowest BCUT2D eigenvalue weighted by Crippen LogP contribution is -2.27. The lowest BCUT2D eigenvalue weighted by molar-refractivity contribution is 1.08. The Kier molecular flexibility index (Phi) is 10.3. The minimum atomic E-state index is 0.761. The molecule has 0 saturated heterocycles. The highest BCUT2D eigenvalue weighted by atomic mass is 15.3. The number of rotatable bonds is 9. The molecule has 0 fully saturated rings. The van der Waals surface area contributed by atoms with Crippen molar-refractivity contribution < 1.29 is 0 Å². The van der Waals surface area contributed by atoms with Crippen LogP contribution >= 0.6 is 0 Å². The van der Waals surface area contributed by atoms with Gasteiger partial charge in [-0.3, -0.25) is 19.8 Å². The van der Waals surface area contributed by atoms with Crippen molar-refractivity contribution in [3.05, 3.63) is 267 Å². The summed E-state index contributed by atoms with van der Waals surface area (Å²) in [6.45, 7) is 0. The third-order valence-electron chi connectivity index (χ3n) is 13.3. The highest BCUT2D eigenvalue weighted by Gasteiger charge is 2.35. The van der Waals surface area contributed by atoms with Crippen LogP contribution in [0.4, 0.5) is 85.6 Å². The van der Waals surface area contributed by atoms with E-state index in [1.165, 1.54) is 0 Å². The zero-order valence-electron chi connectivity index (χ0n) is 38.5. The average Bonchev–Trinajstić information content (AvgIpc) is 3.45. The van der Waals surface area contributed by atoms with Crippen LogP contribution in [0.3, 0.4) is 0 Å². The monoisotopic (exact) mass is 912 g/mol. The van der Waals surface area contributed by atoms with E-state index in [9.17, 15) is 0 Å². The second-order valence-electron chi connectivity index (χ2n) is 17.4. The number of fused-ring (bicyclic) bond motifs is 4. The first-order chi connectivity index (χ1) is 35.2. The van der Waals surface area contributed by atoms with E-state index in [0.29, 0.717) is 0 Å². The fourth-order valence-electron chi connectivity index (χ4n) is 10.1. The molecule has 2 aliphatic rings. The Labute approximate surface area is 412 Å². The molecular formula is C63H44N8. The molecule has 0 spiro atoms. The van der Waals surface area contributed by atoms with Crippen LogP contribution in [0.2, 0.25) is 0 Å². The molecule has 11 aromatic rings. The number of para-hydroxylation sites is 10. The van der Waals surface area contributed by atoms with Crippen LogP contribution < -0.4 is 24.5 Å². The van der Waals surface area contributed by atoms with E-state index in [0.717, 1.165) is 108 Å². The van der Waals surface area contributed by atoms with Crippen molar-refractivity contribution in [2.75, 3.05) is 24.5 Å². The van der Waals surface area contributed by atoms with Crippen molar-refractivity contribution in [2.24, 2.45) is 0 Å². The molecule has 0 N–H and O–H groups in total. The van der Waals surface area contributed by atoms with E-state index in [-0.39, 0.29) is 0 Å². The molecule has 71 heavy (non-hydrogen) atoms. The van der Waals surface area contributed by atoms with Gasteiger partial charge in [-0.05, 0) is 144 Å². The third-order valence-corrected chi connectivity index (χ3v) is 13.3. The van der Waals surface area contributed by atoms with Gasteiger partial charge in [0.2, 0.25) is 0 Å². The van der Waals surface area contributed by atoms with Gasteiger partial charge in [0.1, 0.15) is 11.6 Å². The van der Waals surface area contributed by atoms with E-state index < -0.39 is 0 Å². The first kappa shape index (κ1) is 41.4. The SMILES string of the molecule is c1ccc(N2c3ccccc3N(c3cc(N(c4ccc(-c5ccncc5)cc4)c4ccc(-c5ccncc5)cc4)cc(N4c5ccccc5N(c5ccccc5)c5ccccc54)n3)c3ccccc32)cc1. The maximum atomic E-state index is 5.83. The van der Waals surface area contributed by atoms with Crippen molar-refractivity contribution in [1.29, 1.82) is 0 Å². The van der Waals surface area contributed by atoms with Crippen molar-refractivity contribution in [3.63, 3.8) is 0 Å². The van der Waals surface area contributed by atoms with Gasteiger partial charge in [-0.1, -0.05) is 109 Å². The number of aromatic nitrogens is 3. The maximum absolute atomic E-state index is 5.83. The van der Waals surface area contributed by atoms with Gasteiger partial charge in [0.05, 0.1) is 51.2 Å². The summed E-state index contributed by atoms with van der Waals surface area (Å²) >= 11 is 0. The molecule has 2 aliphatic heterocycles. The van der Waals surface area contributed by atoms with E-state index in [4.69, 9.17) is 4.98 Å². The molecule has 13 rings (SSSR count). The number of nitrogens with zero attached hydrogens (tertiary/aromatic N) is 8. The molecule has 0 radical (unpaired) electrons. The van der Waals surface area contributed by atoms with E-state index in [2.05, 4.69) is 253 Å². The van der Waals surface area contributed by atoms with Gasteiger partial charge in [0.15, 0.2) is 0 Å². The van der Waals surface area contributed by atoms with Crippen LogP contribution in [0, 0.1) is 0 Å². The van der Waals surface area contributed by atoms with Crippen molar-refractivity contribution in [1.82, 2.24) is 15.0 Å². The summed E-state index contributed by atoms with van der Waals surface area (Å²) in [4.78, 5) is 26.1. The summed E-state index contributed by atoms with van der Waals surface area (Å²) in [5.41, 5.74) is 17.7. The van der Waals surface area contributed by atoms with Crippen LogP contribution in [-0.2, 0) is 0 Å². The topological polar surface area (TPSA) is 54.9 Å². The van der Waals surface area contributed by atoms with Crippen molar-refractivity contribution in [2.45, 2.75) is 0 Å². The van der Waals surface area contributed by atoms with Crippen LogP contribution in [0.5, 0.6) is 0 Å². The summed E-state index contributed by atoms with van der Waals surface area (Å²) in [6, 6.07) is 86.0. The van der Waals surface area contributed by atoms with Gasteiger partial charge in [0, 0.05) is 59.7 Å². The summed E-state index contributed by atoms with van der Waals surface area (Å²) < 4.78 is 0. The van der Waals surface area contributed by atoms with Gasteiger partial charge in [-0.2, -0.15) is 0 Å². The molecule has 0 aliphatic carbocycles. The van der Waals surface area contributed by atoms with Crippen molar-refractivity contribution in [3.8, 4) is 22.3 Å². The van der Waals surface area contributed by atoms with Gasteiger partial charge in [0.25, 0.3) is 0 Å². The van der Waals surface area contributed by atoms with Crippen LogP contribution in [0.25, 0.3) is 22.3 Å². The molecular weight excluding hydrogens is 869 g/mol. The predicted molar refractivity (Wildman–Crippen MR) is 291 cm³/mol. The Morgan fingerprint density at radius 2 is 0.535 bits per heavy atom. The second kappa shape index (κ2) is 17.7. The zero-order valence-corrected chi connectivity index (χ0v) is 38.5. The molecule has 0 amide bonds. The summed E-state index contributed by atoms with van der Waals surface area (Å²) in [5, 5.41) is 0. The predicted octanol–water partition coefficient (Wildman–Crippen LogP) is 17.2. The Hall–Kier alpha value is -9.79. The zero-order chi connectivity index (χ0) is 47.1. The molecule has 8 heteroatoms. The summed E-state index contributed by atoms with van der Waals surface area (Å²) in [5.74, 6) is 1.52. The number of pyridine rings is 3. The smallest absolute Gasteiger partial charge is 0.142 e. The maximum Gasteiger partial charge on any atom is 0.142 e. The largest absolute Gasteiger partial charge is 0.310 e. The highest BCUT2D eigenvalue weighted by molar-refractivity contribution is 6.04. The molecule has 336 valence electrons. The van der Waals surface area contributed by atoms with Crippen LogP contribution in [-0.4, -0.2) is 15.0 Å². The molecule has 8 nitrogen and oxygen atoms in total. The van der Waals surface area contributed by atoms with Crippen molar-refractivity contribution >= 4 is 85.6 Å². The lowest BCUT2D eigenvalue weighted by Gasteiger charge is -2.41. The Bertz CT molecular complexity index is 3330. The third kappa shape index (κ3) is 7.38. The quantitative estimate of drug-likeness (QED) is 0.142. The highest BCUT2D eigenvalue weighted by Crippen LogP contribution is 2.57. The second-order valence-corrected chi connectivity index (χ2v) is 17.4. The van der Waals surface area contributed by atoms with Gasteiger partial charge < -0.3 is 14.7 Å². The standard InChI is InChI=1S/C63H44N8/c1-3-15-49(16-4-1)68-54-19-7-11-23-58(54)70(59-24-12-8-20-55(59)68)62-43-53(44-63(66-62)71-60-25-13-9-21-56(60)69(50-17-5-2-6-18-50)57-22-10-14-26-61(57)71)67(51-31-27-45(28-32-51)47-35-39-64-40-36-47)52-33-29-46(30-34-52)48-37-41-65-42-38-48/h1-44H. The number of anilines is 15. The Morgan fingerprint density at radius 1 is 0.254 bits per heavy atom. The minimum absolute atomic E-state index is 0.761. The molecule has 0 saturated carbocycles. The average molecular weight is 913 g/mol. The molecule has 5 heterocycles. The van der Waals surface area contributed by atoms with Crippen LogP contribution in [0.15, 0.2) is 267 Å².